The molecule has 0 saturated carbocycles. The first-order valence-corrected chi connectivity index (χ1v) is 8.32. The van der Waals surface area contributed by atoms with Crippen molar-refractivity contribution < 1.29 is 8.42 Å². The molecule has 0 unspecified atom stereocenters. The second-order valence-electron chi connectivity index (χ2n) is 4.01. The molecule has 0 amide bonds. The maximum absolute atomic E-state index is 11.9. The summed E-state index contributed by atoms with van der Waals surface area (Å²) in [5.41, 5.74) is 2.29. The lowest BCUT2D eigenvalue weighted by Crippen LogP contribution is -2.25. The third kappa shape index (κ3) is 3.76. The molecule has 1 N–H and O–H groups in total. The molecule has 4 nitrogen and oxygen atoms in total. The number of nitrogens with zero attached hydrogens (tertiary/aromatic N) is 1. The Hall–Kier alpha value is -0.950. The number of rotatable bonds is 5. The predicted molar refractivity (Wildman–Crippen MR) is 77.2 cm³/mol. The Morgan fingerprint density at radius 1 is 1.37 bits per heavy atom. The van der Waals surface area contributed by atoms with Crippen LogP contribution in [0.25, 0.3) is 0 Å². The van der Waals surface area contributed by atoms with Crippen molar-refractivity contribution in [2.75, 3.05) is 6.54 Å². The molecule has 1 aromatic heterocycles. The highest BCUT2D eigenvalue weighted by Gasteiger charge is 2.16. The van der Waals surface area contributed by atoms with Gasteiger partial charge in [-0.15, -0.1) is 0 Å². The number of aromatic nitrogens is 1. The maximum atomic E-state index is 11.9. The number of halogens is 1. The van der Waals surface area contributed by atoms with Gasteiger partial charge >= 0.3 is 0 Å². The summed E-state index contributed by atoms with van der Waals surface area (Å²) in [5, 5.41) is 0. The topological polar surface area (TPSA) is 59.1 Å². The van der Waals surface area contributed by atoms with E-state index in [9.17, 15) is 8.42 Å². The Kier molecular flexibility index (Phi) is 4.57. The molecular formula is C12H13ClN2O2S2. The average molecular weight is 317 g/mol. The highest BCUT2D eigenvalue weighted by molar-refractivity contribution is 7.91. The Morgan fingerprint density at radius 3 is 2.74 bits per heavy atom. The fraction of sp³-hybridized carbons (Fsp3) is 0.250. The van der Waals surface area contributed by atoms with E-state index in [1.807, 2.05) is 31.2 Å². The van der Waals surface area contributed by atoms with Gasteiger partial charge in [-0.25, -0.2) is 18.1 Å². The molecule has 0 radical (unpaired) electrons. The van der Waals surface area contributed by atoms with Crippen molar-refractivity contribution in [1.82, 2.24) is 9.71 Å². The van der Waals surface area contributed by atoms with E-state index in [0.29, 0.717) is 13.0 Å². The van der Waals surface area contributed by atoms with Crippen LogP contribution in [0.2, 0.25) is 4.47 Å². The van der Waals surface area contributed by atoms with Gasteiger partial charge in [-0.1, -0.05) is 47.2 Å². The van der Waals surface area contributed by atoms with Gasteiger partial charge in [0, 0.05) is 6.54 Å². The number of sulfonamides is 1. The molecule has 7 heteroatoms. The first kappa shape index (κ1) is 14.5. The molecule has 102 valence electrons. The zero-order chi connectivity index (χ0) is 13.9. The van der Waals surface area contributed by atoms with Gasteiger partial charge in [0.2, 0.25) is 0 Å². The van der Waals surface area contributed by atoms with E-state index in [-0.39, 0.29) is 8.68 Å². The lowest BCUT2D eigenvalue weighted by molar-refractivity contribution is 0.583. The van der Waals surface area contributed by atoms with Gasteiger partial charge in [0.15, 0.2) is 8.68 Å². The van der Waals surface area contributed by atoms with Gasteiger partial charge in [0.05, 0.1) is 6.20 Å². The summed E-state index contributed by atoms with van der Waals surface area (Å²) in [5.74, 6) is 0. The predicted octanol–water partition coefficient (Wildman–Crippen LogP) is 2.63. The van der Waals surface area contributed by atoms with Crippen LogP contribution in [0.5, 0.6) is 0 Å². The number of hydrogen-bond acceptors (Lipinski definition) is 4. The first-order valence-electron chi connectivity index (χ1n) is 5.64. The summed E-state index contributed by atoms with van der Waals surface area (Å²) in [7, 11) is -3.50. The molecule has 0 atom stereocenters. The minimum Gasteiger partial charge on any atom is -0.232 e. The largest absolute Gasteiger partial charge is 0.251 e. The normalized spacial score (nSPS) is 11.7. The monoisotopic (exact) mass is 316 g/mol. The van der Waals surface area contributed by atoms with E-state index in [2.05, 4.69) is 9.71 Å². The maximum Gasteiger partial charge on any atom is 0.251 e. The molecular weight excluding hydrogens is 304 g/mol. The fourth-order valence-corrected chi connectivity index (χ4v) is 4.01. The molecule has 19 heavy (non-hydrogen) atoms. The summed E-state index contributed by atoms with van der Waals surface area (Å²) in [4.78, 5) is 3.73. The van der Waals surface area contributed by atoms with Gasteiger partial charge < -0.3 is 0 Å². The van der Waals surface area contributed by atoms with Crippen LogP contribution in [0.1, 0.15) is 11.1 Å². The van der Waals surface area contributed by atoms with E-state index in [1.165, 1.54) is 6.20 Å². The van der Waals surface area contributed by atoms with Crippen molar-refractivity contribution in [2.24, 2.45) is 0 Å². The van der Waals surface area contributed by atoms with Gasteiger partial charge in [-0.2, -0.15) is 0 Å². The second-order valence-corrected chi connectivity index (χ2v) is 7.61. The third-order valence-electron chi connectivity index (χ3n) is 2.67. The molecule has 0 fully saturated rings. The van der Waals surface area contributed by atoms with E-state index in [4.69, 9.17) is 11.6 Å². The minimum absolute atomic E-state index is 0.141. The van der Waals surface area contributed by atoms with Crippen molar-refractivity contribution >= 4 is 33.0 Å². The standard InChI is InChI=1S/C12H13ClN2O2S2/c1-9-4-2-3-5-10(9)6-7-15-19(16,17)11-8-14-12(13)18-11/h2-5,8,15H,6-7H2,1H3. The summed E-state index contributed by atoms with van der Waals surface area (Å²) < 4.78 is 26.8. The van der Waals surface area contributed by atoms with Crippen molar-refractivity contribution in [3.05, 3.63) is 46.1 Å². The van der Waals surface area contributed by atoms with Gasteiger partial charge in [0.25, 0.3) is 10.0 Å². The quantitative estimate of drug-likeness (QED) is 0.922. The van der Waals surface area contributed by atoms with Crippen LogP contribution in [0, 0.1) is 6.92 Å². The molecule has 1 heterocycles. The Morgan fingerprint density at radius 2 is 2.11 bits per heavy atom. The zero-order valence-electron chi connectivity index (χ0n) is 10.3. The third-order valence-corrected chi connectivity index (χ3v) is 5.71. The van der Waals surface area contributed by atoms with Crippen LogP contribution in [0.3, 0.4) is 0 Å². The van der Waals surface area contributed by atoms with Crippen LogP contribution in [0.4, 0.5) is 0 Å². The van der Waals surface area contributed by atoms with E-state index in [0.717, 1.165) is 22.5 Å². The molecule has 2 aromatic rings. The zero-order valence-corrected chi connectivity index (χ0v) is 12.6. The first-order chi connectivity index (χ1) is 8.99. The van der Waals surface area contributed by atoms with Crippen molar-refractivity contribution in [1.29, 1.82) is 0 Å². The minimum atomic E-state index is -3.50. The van der Waals surface area contributed by atoms with Crippen LogP contribution >= 0.6 is 22.9 Å². The molecule has 1 aromatic carbocycles. The number of thiazole rings is 1. The van der Waals surface area contributed by atoms with Crippen LogP contribution in [-0.4, -0.2) is 19.9 Å². The molecule has 0 spiro atoms. The van der Waals surface area contributed by atoms with Crippen LogP contribution in [0.15, 0.2) is 34.7 Å². The Labute approximate surface area is 121 Å². The number of benzene rings is 1. The van der Waals surface area contributed by atoms with Gasteiger partial charge in [0.1, 0.15) is 0 Å². The molecule has 0 aliphatic carbocycles. The van der Waals surface area contributed by atoms with Crippen LogP contribution in [-0.2, 0) is 16.4 Å². The van der Waals surface area contributed by atoms with Crippen molar-refractivity contribution in [3.63, 3.8) is 0 Å². The molecule has 0 aliphatic heterocycles. The Balaban J connectivity index is 1.98. The highest BCUT2D eigenvalue weighted by atomic mass is 35.5. The smallest absolute Gasteiger partial charge is 0.232 e. The van der Waals surface area contributed by atoms with E-state index in [1.54, 1.807) is 0 Å². The molecule has 0 bridgehead atoms. The van der Waals surface area contributed by atoms with E-state index >= 15 is 0 Å². The summed E-state index contributed by atoms with van der Waals surface area (Å²) in [6.45, 7) is 2.36. The van der Waals surface area contributed by atoms with Gasteiger partial charge in [-0.05, 0) is 24.5 Å². The lowest BCUT2D eigenvalue weighted by Gasteiger charge is -2.06. The summed E-state index contributed by atoms with van der Waals surface area (Å²) in [6, 6.07) is 7.90. The summed E-state index contributed by atoms with van der Waals surface area (Å²) >= 11 is 6.58. The lowest BCUT2D eigenvalue weighted by atomic mass is 10.1. The number of nitrogens with one attached hydrogen (secondary N) is 1. The molecule has 2 rings (SSSR count). The van der Waals surface area contributed by atoms with E-state index < -0.39 is 10.0 Å². The number of hydrogen-bond donors (Lipinski definition) is 1. The highest BCUT2D eigenvalue weighted by Crippen LogP contribution is 2.22. The molecule has 0 aliphatic rings. The van der Waals surface area contributed by atoms with Crippen molar-refractivity contribution in [3.8, 4) is 0 Å². The van der Waals surface area contributed by atoms with Crippen LogP contribution < -0.4 is 4.72 Å². The van der Waals surface area contributed by atoms with Gasteiger partial charge in [-0.3, -0.25) is 0 Å². The number of aryl methyl sites for hydroxylation is 1. The van der Waals surface area contributed by atoms with Crippen molar-refractivity contribution in [2.45, 2.75) is 17.6 Å². The Bertz CT molecular complexity index is 668. The SMILES string of the molecule is Cc1ccccc1CCNS(=O)(=O)c1cnc(Cl)s1. The fourth-order valence-electron chi connectivity index (χ4n) is 1.65. The second kappa shape index (κ2) is 6.00. The average Bonchev–Trinajstić information content (AvgIpc) is 2.79. The summed E-state index contributed by atoms with van der Waals surface area (Å²) in [6.07, 6.45) is 1.92. The molecule has 0 saturated heterocycles.